The molecule has 0 saturated carbocycles. The van der Waals surface area contributed by atoms with Gasteiger partial charge in [0.25, 0.3) is 0 Å². The van der Waals surface area contributed by atoms with E-state index < -0.39 is 0 Å². The van der Waals surface area contributed by atoms with Crippen LogP contribution in [0.3, 0.4) is 0 Å². The van der Waals surface area contributed by atoms with Crippen LogP contribution < -0.4 is 14.8 Å². The van der Waals surface area contributed by atoms with E-state index in [0.29, 0.717) is 0 Å². The molecule has 1 aliphatic heterocycles. The zero-order chi connectivity index (χ0) is 12.8. The van der Waals surface area contributed by atoms with Gasteiger partial charge in [-0.2, -0.15) is 0 Å². The average molecular weight is 249 g/mol. The first-order valence-corrected chi connectivity index (χ1v) is 6.89. The van der Waals surface area contributed by atoms with Crippen molar-refractivity contribution in [1.82, 2.24) is 5.32 Å². The second-order valence-corrected chi connectivity index (χ2v) is 4.98. The summed E-state index contributed by atoms with van der Waals surface area (Å²) in [5.74, 6) is 2.49. The summed E-state index contributed by atoms with van der Waals surface area (Å²) in [4.78, 5) is 0. The highest BCUT2D eigenvalue weighted by Gasteiger charge is 2.10. The van der Waals surface area contributed by atoms with Gasteiger partial charge in [0.15, 0.2) is 11.5 Å². The first kappa shape index (κ1) is 13.2. The van der Waals surface area contributed by atoms with Crippen LogP contribution in [0.1, 0.15) is 32.3 Å². The molecule has 0 fully saturated rings. The van der Waals surface area contributed by atoms with E-state index in [1.807, 2.05) is 6.07 Å². The van der Waals surface area contributed by atoms with Crippen molar-refractivity contribution in [2.24, 2.45) is 5.92 Å². The molecule has 100 valence electrons. The fraction of sp³-hybridized carbons (Fsp3) is 0.600. The molecule has 1 atom stereocenters. The Hall–Kier alpha value is -1.22. The Bertz CT molecular complexity index is 379. The van der Waals surface area contributed by atoms with Crippen LogP contribution in [-0.2, 0) is 6.54 Å². The van der Waals surface area contributed by atoms with E-state index >= 15 is 0 Å². The maximum absolute atomic E-state index is 5.68. The van der Waals surface area contributed by atoms with E-state index in [-0.39, 0.29) is 0 Å². The summed E-state index contributed by atoms with van der Waals surface area (Å²) in [6.07, 6.45) is 2.17. The molecule has 0 saturated heterocycles. The summed E-state index contributed by atoms with van der Waals surface area (Å²) in [5.41, 5.74) is 1.25. The summed E-state index contributed by atoms with van der Waals surface area (Å²) in [6, 6.07) is 6.21. The average Bonchev–Trinajstić information content (AvgIpc) is 2.63. The van der Waals surface area contributed by atoms with Crippen molar-refractivity contribution in [1.29, 1.82) is 0 Å². The maximum atomic E-state index is 5.68. The number of hydrogen-bond acceptors (Lipinski definition) is 3. The van der Waals surface area contributed by atoms with Crippen molar-refractivity contribution in [3.63, 3.8) is 0 Å². The summed E-state index contributed by atoms with van der Waals surface area (Å²) in [5, 5.41) is 3.48. The zero-order valence-corrected chi connectivity index (χ0v) is 11.4. The first-order chi connectivity index (χ1) is 8.79. The Morgan fingerprint density at radius 3 is 2.78 bits per heavy atom. The van der Waals surface area contributed by atoms with Crippen LogP contribution in [0.15, 0.2) is 18.2 Å². The van der Waals surface area contributed by atoms with E-state index in [4.69, 9.17) is 9.47 Å². The Morgan fingerprint density at radius 1 is 1.22 bits per heavy atom. The SMILES string of the molecule is CCC(C)CNCc1ccc2c(c1)OCCCO2. The molecule has 3 heteroatoms. The highest BCUT2D eigenvalue weighted by Crippen LogP contribution is 2.30. The fourth-order valence-electron chi connectivity index (χ4n) is 1.92. The number of fused-ring (bicyclic) bond motifs is 1. The molecule has 0 amide bonds. The van der Waals surface area contributed by atoms with Gasteiger partial charge in [0.2, 0.25) is 0 Å². The van der Waals surface area contributed by atoms with Crippen molar-refractivity contribution in [3.8, 4) is 11.5 Å². The van der Waals surface area contributed by atoms with Gasteiger partial charge < -0.3 is 14.8 Å². The number of ether oxygens (including phenoxy) is 2. The standard InChI is InChI=1S/C15H23NO2/c1-3-12(2)10-16-11-13-5-6-14-15(9-13)18-8-4-7-17-14/h5-6,9,12,16H,3-4,7-8,10-11H2,1-2H3. The van der Waals surface area contributed by atoms with Crippen molar-refractivity contribution in [2.45, 2.75) is 33.2 Å². The van der Waals surface area contributed by atoms with Crippen LogP contribution in [0.5, 0.6) is 11.5 Å². The molecule has 2 rings (SSSR count). The van der Waals surface area contributed by atoms with E-state index in [1.165, 1.54) is 12.0 Å². The molecule has 1 aromatic rings. The Morgan fingerprint density at radius 2 is 2.00 bits per heavy atom. The summed E-state index contributed by atoms with van der Waals surface area (Å²) in [7, 11) is 0. The molecule has 0 spiro atoms. The lowest BCUT2D eigenvalue weighted by Crippen LogP contribution is -2.20. The first-order valence-electron chi connectivity index (χ1n) is 6.89. The maximum Gasteiger partial charge on any atom is 0.161 e. The minimum absolute atomic E-state index is 0.727. The number of hydrogen-bond donors (Lipinski definition) is 1. The van der Waals surface area contributed by atoms with Gasteiger partial charge in [0.05, 0.1) is 13.2 Å². The molecule has 0 aliphatic carbocycles. The number of nitrogens with one attached hydrogen (secondary N) is 1. The summed E-state index contributed by atoms with van der Waals surface area (Å²) < 4.78 is 11.3. The Balaban J connectivity index is 1.91. The van der Waals surface area contributed by atoms with E-state index in [1.54, 1.807) is 0 Å². The van der Waals surface area contributed by atoms with Crippen LogP contribution in [0.2, 0.25) is 0 Å². The Labute approximate surface area is 109 Å². The largest absolute Gasteiger partial charge is 0.490 e. The topological polar surface area (TPSA) is 30.5 Å². The highest BCUT2D eigenvalue weighted by atomic mass is 16.5. The second kappa shape index (κ2) is 6.64. The van der Waals surface area contributed by atoms with E-state index in [0.717, 1.165) is 50.1 Å². The molecule has 18 heavy (non-hydrogen) atoms. The Kier molecular flexibility index (Phi) is 4.88. The number of benzene rings is 1. The van der Waals surface area contributed by atoms with Crippen LogP contribution in [-0.4, -0.2) is 19.8 Å². The van der Waals surface area contributed by atoms with E-state index in [9.17, 15) is 0 Å². The molecule has 3 nitrogen and oxygen atoms in total. The predicted octanol–water partition coefficient (Wildman–Crippen LogP) is 2.98. The van der Waals surface area contributed by atoms with Crippen LogP contribution in [0, 0.1) is 5.92 Å². The van der Waals surface area contributed by atoms with Gasteiger partial charge in [-0.25, -0.2) is 0 Å². The lowest BCUT2D eigenvalue weighted by Gasteiger charge is -2.12. The lowest BCUT2D eigenvalue weighted by molar-refractivity contribution is 0.297. The van der Waals surface area contributed by atoms with Gasteiger partial charge in [-0.05, 0) is 30.2 Å². The van der Waals surface area contributed by atoms with Gasteiger partial charge in [0, 0.05) is 13.0 Å². The fourth-order valence-corrected chi connectivity index (χ4v) is 1.92. The van der Waals surface area contributed by atoms with Crippen molar-refractivity contribution in [3.05, 3.63) is 23.8 Å². The monoisotopic (exact) mass is 249 g/mol. The minimum Gasteiger partial charge on any atom is -0.490 e. The van der Waals surface area contributed by atoms with Crippen LogP contribution in [0.4, 0.5) is 0 Å². The van der Waals surface area contributed by atoms with Crippen molar-refractivity contribution < 1.29 is 9.47 Å². The molecule has 1 aliphatic rings. The minimum atomic E-state index is 0.727. The van der Waals surface area contributed by atoms with Crippen molar-refractivity contribution >= 4 is 0 Å². The van der Waals surface area contributed by atoms with Crippen LogP contribution in [0.25, 0.3) is 0 Å². The second-order valence-electron chi connectivity index (χ2n) is 4.98. The summed E-state index contributed by atoms with van der Waals surface area (Å²) >= 11 is 0. The molecular formula is C15H23NO2. The smallest absolute Gasteiger partial charge is 0.161 e. The van der Waals surface area contributed by atoms with Crippen LogP contribution >= 0.6 is 0 Å². The molecule has 0 bridgehead atoms. The van der Waals surface area contributed by atoms with Gasteiger partial charge in [-0.3, -0.25) is 0 Å². The van der Waals surface area contributed by atoms with Gasteiger partial charge in [-0.1, -0.05) is 26.3 Å². The summed E-state index contributed by atoms with van der Waals surface area (Å²) in [6.45, 7) is 7.93. The molecule has 1 N–H and O–H groups in total. The van der Waals surface area contributed by atoms with Crippen molar-refractivity contribution in [2.75, 3.05) is 19.8 Å². The molecule has 1 aromatic carbocycles. The lowest BCUT2D eigenvalue weighted by atomic mass is 10.1. The molecule has 1 unspecified atom stereocenters. The number of rotatable bonds is 5. The molecular weight excluding hydrogens is 226 g/mol. The molecule has 0 radical (unpaired) electrons. The zero-order valence-electron chi connectivity index (χ0n) is 11.4. The third-order valence-electron chi connectivity index (χ3n) is 3.33. The predicted molar refractivity (Wildman–Crippen MR) is 73.2 cm³/mol. The normalized spacial score (nSPS) is 16.1. The highest BCUT2D eigenvalue weighted by molar-refractivity contribution is 5.43. The third-order valence-corrected chi connectivity index (χ3v) is 3.33. The van der Waals surface area contributed by atoms with Gasteiger partial charge >= 0.3 is 0 Å². The van der Waals surface area contributed by atoms with Gasteiger partial charge in [0.1, 0.15) is 0 Å². The third kappa shape index (κ3) is 3.64. The molecule has 0 aromatic heterocycles. The van der Waals surface area contributed by atoms with Gasteiger partial charge in [-0.15, -0.1) is 0 Å². The quantitative estimate of drug-likeness (QED) is 0.870. The molecule has 1 heterocycles. The van der Waals surface area contributed by atoms with E-state index in [2.05, 4.69) is 31.3 Å².